The topological polar surface area (TPSA) is 60.7 Å². The van der Waals surface area contributed by atoms with Crippen molar-refractivity contribution in [3.63, 3.8) is 0 Å². The van der Waals surface area contributed by atoms with Crippen molar-refractivity contribution in [2.24, 2.45) is 0 Å². The predicted octanol–water partition coefficient (Wildman–Crippen LogP) is 3.42. The van der Waals surface area contributed by atoms with E-state index in [1.54, 1.807) is 23.7 Å². The molecule has 5 nitrogen and oxygen atoms in total. The number of ether oxygens (including phenoxy) is 1. The molecule has 0 fully saturated rings. The number of halogens is 2. The van der Waals surface area contributed by atoms with Gasteiger partial charge in [0.05, 0.1) is 21.3 Å². The van der Waals surface area contributed by atoms with Crippen LogP contribution in [0.2, 0.25) is 10.0 Å². The van der Waals surface area contributed by atoms with Crippen LogP contribution in [-0.2, 0) is 11.3 Å². The molecule has 0 atom stereocenters. The van der Waals surface area contributed by atoms with Crippen LogP contribution in [0.15, 0.2) is 40.6 Å². The highest BCUT2D eigenvalue weighted by Gasteiger charge is 2.14. The molecule has 0 saturated heterocycles. The first kappa shape index (κ1) is 15.0. The van der Waals surface area contributed by atoms with Crippen molar-refractivity contribution in [3.8, 4) is 0 Å². The van der Waals surface area contributed by atoms with Gasteiger partial charge in [0, 0.05) is 17.6 Å². The summed E-state index contributed by atoms with van der Waals surface area (Å²) in [5.41, 5.74) is 0.320. The van der Waals surface area contributed by atoms with Gasteiger partial charge in [-0.2, -0.15) is 0 Å². The van der Waals surface area contributed by atoms with E-state index < -0.39 is 5.97 Å². The fourth-order valence-electron chi connectivity index (χ4n) is 1.84. The Morgan fingerprint density at radius 3 is 3.00 bits per heavy atom. The largest absolute Gasteiger partial charge is 0.456 e. The van der Waals surface area contributed by atoms with Crippen LogP contribution in [-0.4, -0.2) is 15.4 Å². The fraction of sp³-hybridized carbons (Fsp3) is 0.0714. The Hall–Kier alpha value is -1.89. The number of fused-ring (bicyclic) bond motifs is 1. The van der Waals surface area contributed by atoms with E-state index in [1.807, 2.05) is 0 Å². The molecule has 0 bridgehead atoms. The Morgan fingerprint density at radius 2 is 2.18 bits per heavy atom. The van der Waals surface area contributed by atoms with Gasteiger partial charge in [0.1, 0.15) is 6.61 Å². The summed E-state index contributed by atoms with van der Waals surface area (Å²) in [6, 6.07) is 6.02. The van der Waals surface area contributed by atoms with Crippen molar-refractivity contribution < 1.29 is 9.53 Å². The average Bonchev–Trinajstić information content (AvgIpc) is 2.96. The molecule has 2 aromatic heterocycles. The van der Waals surface area contributed by atoms with Gasteiger partial charge in [-0.1, -0.05) is 29.3 Å². The first-order valence-electron chi connectivity index (χ1n) is 6.13. The summed E-state index contributed by atoms with van der Waals surface area (Å²) in [7, 11) is 0. The SMILES string of the molecule is O=C(OCc1cc(=O)n2ccsc2n1)c1cccc(Cl)c1Cl. The maximum atomic E-state index is 12.0. The average molecular weight is 355 g/mol. The lowest BCUT2D eigenvalue weighted by Gasteiger charge is -2.06. The maximum Gasteiger partial charge on any atom is 0.340 e. The van der Waals surface area contributed by atoms with Crippen molar-refractivity contribution >= 4 is 45.5 Å². The van der Waals surface area contributed by atoms with E-state index in [9.17, 15) is 9.59 Å². The molecular weight excluding hydrogens is 347 g/mol. The summed E-state index contributed by atoms with van der Waals surface area (Å²) in [5, 5.41) is 2.16. The van der Waals surface area contributed by atoms with E-state index in [1.165, 1.54) is 27.9 Å². The highest BCUT2D eigenvalue weighted by atomic mass is 35.5. The Kier molecular flexibility index (Phi) is 4.15. The third-order valence-corrected chi connectivity index (χ3v) is 4.45. The minimum Gasteiger partial charge on any atom is -0.456 e. The van der Waals surface area contributed by atoms with Gasteiger partial charge in [-0.05, 0) is 12.1 Å². The lowest BCUT2D eigenvalue weighted by atomic mass is 10.2. The number of benzene rings is 1. The first-order chi connectivity index (χ1) is 10.6. The first-order valence-corrected chi connectivity index (χ1v) is 7.77. The van der Waals surface area contributed by atoms with Gasteiger partial charge in [0.2, 0.25) is 0 Å². The minimum atomic E-state index is -0.624. The summed E-state index contributed by atoms with van der Waals surface area (Å²) in [6.45, 7) is -0.120. The molecule has 0 aliphatic rings. The van der Waals surface area contributed by atoms with Crippen LogP contribution in [0.4, 0.5) is 0 Å². The van der Waals surface area contributed by atoms with Crippen molar-refractivity contribution in [2.75, 3.05) is 0 Å². The molecule has 1 aromatic carbocycles. The van der Waals surface area contributed by atoms with E-state index in [4.69, 9.17) is 27.9 Å². The highest BCUT2D eigenvalue weighted by Crippen LogP contribution is 2.26. The van der Waals surface area contributed by atoms with Crippen LogP contribution >= 0.6 is 34.5 Å². The molecule has 0 radical (unpaired) electrons. The van der Waals surface area contributed by atoms with Crippen molar-refractivity contribution in [2.45, 2.75) is 6.61 Å². The van der Waals surface area contributed by atoms with E-state index in [0.717, 1.165) is 0 Å². The molecule has 0 amide bonds. The number of esters is 1. The van der Waals surface area contributed by atoms with Gasteiger partial charge in [-0.3, -0.25) is 9.20 Å². The summed E-state index contributed by atoms with van der Waals surface area (Å²) in [5.74, 6) is -0.624. The summed E-state index contributed by atoms with van der Waals surface area (Å²) < 4.78 is 6.56. The fourth-order valence-corrected chi connectivity index (χ4v) is 2.96. The van der Waals surface area contributed by atoms with Crippen LogP contribution in [0.1, 0.15) is 16.1 Å². The molecule has 3 rings (SSSR count). The van der Waals surface area contributed by atoms with Gasteiger partial charge in [0.15, 0.2) is 4.96 Å². The van der Waals surface area contributed by atoms with E-state index in [2.05, 4.69) is 4.98 Å². The third-order valence-electron chi connectivity index (χ3n) is 2.88. The van der Waals surface area contributed by atoms with Crippen LogP contribution in [0, 0.1) is 0 Å². The number of hydrogen-bond acceptors (Lipinski definition) is 5. The summed E-state index contributed by atoms with van der Waals surface area (Å²) >= 11 is 13.1. The Bertz CT molecular complexity index is 920. The number of thiazole rings is 1. The number of rotatable bonds is 3. The predicted molar refractivity (Wildman–Crippen MR) is 84.9 cm³/mol. The van der Waals surface area contributed by atoms with E-state index >= 15 is 0 Å². The Morgan fingerprint density at radius 1 is 1.36 bits per heavy atom. The quantitative estimate of drug-likeness (QED) is 0.676. The number of carbonyl (C=O) groups is 1. The highest BCUT2D eigenvalue weighted by molar-refractivity contribution is 7.15. The van der Waals surface area contributed by atoms with Crippen LogP contribution < -0.4 is 5.56 Å². The molecule has 0 aliphatic carbocycles. The van der Waals surface area contributed by atoms with Crippen molar-refractivity contribution in [1.29, 1.82) is 0 Å². The third kappa shape index (κ3) is 2.85. The van der Waals surface area contributed by atoms with Gasteiger partial charge in [-0.15, -0.1) is 11.3 Å². The lowest BCUT2D eigenvalue weighted by molar-refractivity contribution is 0.0468. The van der Waals surface area contributed by atoms with Crippen LogP contribution in [0.3, 0.4) is 0 Å². The zero-order chi connectivity index (χ0) is 15.7. The van der Waals surface area contributed by atoms with Crippen LogP contribution in [0.25, 0.3) is 4.96 Å². The molecule has 0 aliphatic heterocycles. The van der Waals surface area contributed by atoms with Crippen molar-refractivity contribution in [3.05, 3.63) is 67.5 Å². The number of nitrogens with zero attached hydrogens (tertiary/aromatic N) is 2. The normalized spacial score (nSPS) is 10.8. The molecule has 2 heterocycles. The lowest BCUT2D eigenvalue weighted by Crippen LogP contribution is -2.14. The number of hydrogen-bond donors (Lipinski definition) is 0. The van der Waals surface area contributed by atoms with Gasteiger partial charge < -0.3 is 4.74 Å². The standard InChI is InChI=1S/C14H8Cl2N2O3S/c15-10-3-1-2-9(12(10)16)13(20)21-7-8-6-11(19)18-4-5-22-14(18)17-8/h1-6H,7H2. The second-order valence-electron chi connectivity index (χ2n) is 4.32. The zero-order valence-electron chi connectivity index (χ0n) is 11.0. The molecule has 0 spiro atoms. The van der Waals surface area contributed by atoms with E-state index in [0.29, 0.717) is 10.7 Å². The molecule has 8 heteroatoms. The number of carbonyl (C=O) groups excluding carboxylic acids is 1. The molecule has 22 heavy (non-hydrogen) atoms. The van der Waals surface area contributed by atoms with E-state index in [-0.39, 0.29) is 27.8 Å². The molecule has 0 unspecified atom stereocenters. The monoisotopic (exact) mass is 354 g/mol. The zero-order valence-corrected chi connectivity index (χ0v) is 13.3. The van der Waals surface area contributed by atoms with Gasteiger partial charge >= 0.3 is 5.97 Å². The van der Waals surface area contributed by atoms with Gasteiger partial charge in [0.25, 0.3) is 5.56 Å². The van der Waals surface area contributed by atoms with Crippen molar-refractivity contribution in [1.82, 2.24) is 9.38 Å². The molecule has 112 valence electrons. The minimum absolute atomic E-state index is 0.120. The summed E-state index contributed by atoms with van der Waals surface area (Å²) in [6.07, 6.45) is 1.64. The summed E-state index contributed by atoms with van der Waals surface area (Å²) in [4.78, 5) is 28.6. The maximum absolute atomic E-state index is 12.0. The van der Waals surface area contributed by atoms with Gasteiger partial charge in [-0.25, -0.2) is 9.78 Å². The Labute approximate surface area is 138 Å². The second kappa shape index (κ2) is 6.08. The van der Waals surface area contributed by atoms with Crippen LogP contribution in [0.5, 0.6) is 0 Å². The number of aromatic nitrogens is 2. The smallest absolute Gasteiger partial charge is 0.340 e. The molecule has 0 N–H and O–H groups in total. The molecule has 0 saturated carbocycles. The molecule has 3 aromatic rings. The molecular formula is C14H8Cl2N2O3S. The second-order valence-corrected chi connectivity index (χ2v) is 5.98. The Balaban J connectivity index is 1.80.